The van der Waals surface area contributed by atoms with Gasteiger partial charge in [0.1, 0.15) is 16.8 Å². The molecule has 1 aromatic heterocycles. The van der Waals surface area contributed by atoms with Crippen molar-refractivity contribution < 1.29 is 17.9 Å². The summed E-state index contributed by atoms with van der Waals surface area (Å²) in [6.07, 6.45) is 0.942. The summed E-state index contributed by atoms with van der Waals surface area (Å²) < 4.78 is 34.1. The molecule has 1 aliphatic rings. The lowest BCUT2D eigenvalue weighted by molar-refractivity contribution is -0.124. The molecule has 3 rings (SSSR count). The molecule has 0 aliphatic carbocycles. The molecule has 1 fully saturated rings. The molecule has 1 N–H and O–H groups in total. The third-order valence-electron chi connectivity index (χ3n) is 5.00. The van der Waals surface area contributed by atoms with Crippen LogP contribution in [-0.2, 0) is 19.4 Å². The van der Waals surface area contributed by atoms with Crippen LogP contribution in [0.5, 0.6) is 0 Å². The van der Waals surface area contributed by atoms with Gasteiger partial charge < -0.3 is 14.6 Å². The van der Waals surface area contributed by atoms with Crippen LogP contribution < -0.4 is 5.32 Å². The minimum Gasteiger partial charge on any atom is -0.368 e. The van der Waals surface area contributed by atoms with Gasteiger partial charge in [0.15, 0.2) is 0 Å². The second-order valence-electron chi connectivity index (χ2n) is 7.16. The van der Waals surface area contributed by atoms with E-state index >= 15 is 0 Å². The maximum absolute atomic E-state index is 13.4. The van der Waals surface area contributed by atoms with Gasteiger partial charge >= 0.3 is 0 Å². The molecule has 0 spiro atoms. The summed E-state index contributed by atoms with van der Waals surface area (Å²) in [6.45, 7) is 8.14. The van der Waals surface area contributed by atoms with Crippen LogP contribution in [0.2, 0.25) is 0 Å². The Morgan fingerprint density at radius 3 is 2.44 bits per heavy atom. The van der Waals surface area contributed by atoms with Gasteiger partial charge in [-0.05, 0) is 58.2 Å². The first-order valence-electron chi connectivity index (χ1n) is 9.19. The first kappa shape index (κ1) is 19.6. The molecule has 2 aromatic rings. The molecule has 6 nitrogen and oxygen atoms in total. The van der Waals surface area contributed by atoms with Gasteiger partial charge in [0.25, 0.3) is 5.91 Å². The number of carbonyl (C=O) groups excluding carboxylic acids is 1. The molecule has 0 saturated carbocycles. The van der Waals surface area contributed by atoms with Gasteiger partial charge in [-0.2, -0.15) is 0 Å². The van der Waals surface area contributed by atoms with Crippen LogP contribution in [0, 0.1) is 13.8 Å². The normalized spacial score (nSPS) is 17.4. The van der Waals surface area contributed by atoms with Crippen LogP contribution in [0.4, 0.5) is 5.82 Å². The molecular weight excluding hydrogens is 364 g/mol. The van der Waals surface area contributed by atoms with Gasteiger partial charge in [-0.25, -0.2) is 8.42 Å². The molecule has 0 radical (unpaired) electrons. The molecular formula is C20H26N2O4S. The van der Waals surface area contributed by atoms with Crippen molar-refractivity contribution in [2.45, 2.75) is 62.5 Å². The van der Waals surface area contributed by atoms with Gasteiger partial charge in [0.2, 0.25) is 9.84 Å². The number of anilines is 1. The standard InChI is InChI=1S/C20H26N2O4S/c1-13(2)22-15(4)14(3)18(27(24,25)16-9-6-5-7-10-16)19(22)21-20(23)17-11-8-12-26-17/h5-7,9-10,13,17H,8,11-12H2,1-4H3,(H,21,23)/t17-/m1/s1. The summed E-state index contributed by atoms with van der Waals surface area (Å²) in [5.74, 6) is 0.0285. The van der Waals surface area contributed by atoms with Crippen molar-refractivity contribution >= 4 is 21.6 Å². The highest BCUT2D eigenvalue weighted by Gasteiger charge is 2.33. The lowest BCUT2D eigenvalue weighted by atomic mass is 10.2. The topological polar surface area (TPSA) is 77.4 Å². The SMILES string of the molecule is Cc1c(S(=O)(=O)c2ccccc2)c(NC(=O)[C@H]2CCCO2)n(C(C)C)c1C. The van der Waals surface area contributed by atoms with Crippen molar-refractivity contribution in [3.05, 3.63) is 41.6 Å². The average molecular weight is 391 g/mol. The van der Waals surface area contributed by atoms with Crippen molar-refractivity contribution in [1.29, 1.82) is 0 Å². The molecule has 27 heavy (non-hydrogen) atoms. The van der Waals surface area contributed by atoms with Crippen LogP contribution in [0.3, 0.4) is 0 Å². The predicted octanol–water partition coefficient (Wildman–Crippen LogP) is 3.64. The van der Waals surface area contributed by atoms with E-state index in [1.807, 2.05) is 25.3 Å². The number of aromatic nitrogens is 1. The highest BCUT2D eigenvalue weighted by Crippen LogP contribution is 2.37. The van der Waals surface area contributed by atoms with E-state index in [0.717, 1.165) is 12.1 Å². The summed E-state index contributed by atoms with van der Waals surface area (Å²) in [7, 11) is -3.78. The Morgan fingerprint density at radius 1 is 1.22 bits per heavy atom. The maximum Gasteiger partial charge on any atom is 0.254 e. The molecule has 7 heteroatoms. The summed E-state index contributed by atoms with van der Waals surface area (Å²) in [4.78, 5) is 13.0. The largest absolute Gasteiger partial charge is 0.368 e. The van der Waals surface area contributed by atoms with Crippen molar-refractivity contribution in [1.82, 2.24) is 4.57 Å². The van der Waals surface area contributed by atoms with E-state index in [9.17, 15) is 13.2 Å². The van der Waals surface area contributed by atoms with Gasteiger partial charge in [-0.15, -0.1) is 0 Å². The Kier molecular flexibility index (Phi) is 5.44. The van der Waals surface area contributed by atoms with E-state index in [4.69, 9.17) is 4.74 Å². The Hall–Kier alpha value is -2.12. The van der Waals surface area contributed by atoms with E-state index in [1.54, 1.807) is 37.3 Å². The van der Waals surface area contributed by atoms with Gasteiger partial charge in [0, 0.05) is 18.3 Å². The number of amides is 1. The van der Waals surface area contributed by atoms with E-state index in [1.165, 1.54) is 0 Å². The number of rotatable bonds is 5. The zero-order valence-corrected chi connectivity index (χ0v) is 17.0. The summed E-state index contributed by atoms with van der Waals surface area (Å²) in [5.41, 5.74) is 1.47. The van der Waals surface area contributed by atoms with Crippen LogP contribution in [-0.4, -0.2) is 31.6 Å². The number of carbonyl (C=O) groups is 1. The number of sulfone groups is 1. The van der Waals surface area contributed by atoms with Crippen molar-refractivity contribution in [2.75, 3.05) is 11.9 Å². The third-order valence-corrected chi connectivity index (χ3v) is 6.93. The summed E-state index contributed by atoms with van der Waals surface area (Å²) >= 11 is 0. The van der Waals surface area contributed by atoms with Crippen molar-refractivity contribution in [2.24, 2.45) is 0 Å². The van der Waals surface area contributed by atoms with Crippen LogP contribution in [0.25, 0.3) is 0 Å². The van der Waals surface area contributed by atoms with E-state index < -0.39 is 15.9 Å². The molecule has 1 amide bonds. The van der Waals surface area contributed by atoms with Gasteiger partial charge in [-0.1, -0.05) is 18.2 Å². The van der Waals surface area contributed by atoms with E-state index in [-0.39, 0.29) is 21.7 Å². The van der Waals surface area contributed by atoms with E-state index in [0.29, 0.717) is 24.4 Å². The third kappa shape index (κ3) is 3.53. The Balaban J connectivity index is 2.16. The number of nitrogens with one attached hydrogen (secondary N) is 1. The second-order valence-corrected chi connectivity index (χ2v) is 9.05. The van der Waals surface area contributed by atoms with Gasteiger partial charge in [0.05, 0.1) is 4.90 Å². The Labute approximate surface area is 160 Å². The molecule has 0 unspecified atom stereocenters. The lowest BCUT2D eigenvalue weighted by Gasteiger charge is -2.19. The highest BCUT2D eigenvalue weighted by molar-refractivity contribution is 7.91. The predicted molar refractivity (Wildman–Crippen MR) is 104 cm³/mol. The number of benzene rings is 1. The van der Waals surface area contributed by atoms with Crippen LogP contribution in [0.1, 0.15) is 44.0 Å². The molecule has 146 valence electrons. The number of hydrogen-bond acceptors (Lipinski definition) is 4. The average Bonchev–Trinajstić information content (AvgIpc) is 3.24. The number of nitrogens with zero attached hydrogens (tertiary/aromatic N) is 1. The fourth-order valence-electron chi connectivity index (χ4n) is 3.59. The molecule has 0 bridgehead atoms. The highest BCUT2D eigenvalue weighted by atomic mass is 32.2. The summed E-state index contributed by atoms with van der Waals surface area (Å²) in [5, 5.41) is 2.86. The van der Waals surface area contributed by atoms with Crippen molar-refractivity contribution in [3.63, 3.8) is 0 Å². The minimum atomic E-state index is -3.78. The Morgan fingerprint density at radius 2 is 1.89 bits per heavy atom. The Bertz CT molecular complexity index is 940. The zero-order chi connectivity index (χ0) is 19.8. The number of hydrogen-bond donors (Lipinski definition) is 1. The first-order valence-corrected chi connectivity index (χ1v) is 10.7. The fourth-order valence-corrected chi connectivity index (χ4v) is 5.30. The molecule has 1 aliphatic heterocycles. The lowest BCUT2D eigenvalue weighted by Crippen LogP contribution is -2.29. The molecule has 2 heterocycles. The van der Waals surface area contributed by atoms with Crippen LogP contribution >= 0.6 is 0 Å². The first-order chi connectivity index (χ1) is 12.7. The van der Waals surface area contributed by atoms with Gasteiger partial charge in [-0.3, -0.25) is 4.79 Å². The quantitative estimate of drug-likeness (QED) is 0.846. The zero-order valence-electron chi connectivity index (χ0n) is 16.2. The smallest absolute Gasteiger partial charge is 0.254 e. The maximum atomic E-state index is 13.4. The molecule has 1 atom stereocenters. The molecule has 1 saturated heterocycles. The van der Waals surface area contributed by atoms with Crippen molar-refractivity contribution in [3.8, 4) is 0 Å². The van der Waals surface area contributed by atoms with Crippen LogP contribution in [0.15, 0.2) is 40.1 Å². The second kappa shape index (κ2) is 7.48. The minimum absolute atomic E-state index is 0.0109. The molecule has 1 aromatic carbocycles. The monoisotopic (exact) mass is 390 g/mol. The summed E-state index contributed by atoms with van der Waals surface area (Å²) in [6, 6.07) is 8.29. The van der Waals surface area contributed by atoms with E-state index in [2.05, 4.69) is 5.32 Å². The fraction of sp³-hybridized carbons (Fsp3) is 0.450. The number of ether oxygens (including phenoxy) is 1.